The maximum absolute atomic E-state index is 11.9. The molecule has 0 aliphatic heterocycles. The Balaban J connectivity index is 1.99. The molecule has 2 aromatic rings. The Hall–Kier alpha value is -0.340. The van der Waals surface area contributed by atoms with Crippen molar-refractivity contribution in [2.45, 2.75) is 10.6 Å². The highest BCUT2D eigenvalue weighted by Crippen LogP contribution is 2.34. The van der Waals surface area contributed by atoms with Crippen molar-refractivity contribution in [3.63, 3.8) is 0 Å². The Bertz CT molecular complexity index is 602. The molecule has 0 bridgehead atoms. The average Bonchev–Trinajstić information content (AvgIpc) is 2.90. The fourth-order valence-electron chi connectivity index (χ4n) is 1.29. The summed E-state index contributed by atoms with van der Waals surface area (Å²) in [5.74, 6) is 0.739. The summed E-state index contributed by atoms with van der Waals surface area (Å²) in [6.45, 7) is 0.281. The molecule has 18 heavy (non-hydrogen) atoms. The summed E-state index contributed by atoms with van der Waals surface area (Å²) >= 11 is 10.1. The molecule has 2 rings (SSSR count). The molecule has 0 unspecified atom stereocenters. The van der Waals surface area contributed by atoms with Crippen LogP contribution in [-0.2, 0) is 16.4 Å². The van der Waals surface area contributed by atoms with E-state index in [4.69, 9.17) is 16.0 Å². The maximum atomic E-state index is 11.9. The molecule has 0 atom stereocenters. The lowest BCUT2D eigenvalue weighted by Crippen LogP contribution is -2.25. The van der Waals surface area contributed by atoms with Crippen LogP contribution in [0.4, 0.5) is 0 Å². The van der Waals surface area contributed by atoms with Gasteiger partial charge in [-0.2, -0.15) is 0 Å². The monoisotopic (exact) mass is 369 g/mol. The molecule has 2 heterocycles. The van der Waals surface area contributed by atoms with Gasteiger partial charge < -0.3 is 4.42 Å². The number of rotatable bonds is 5. The highest BCUT2D eigenvalue weighted by atomic mass is 79.9. The van der Waals surface area contributed by atoms with Crippen molar-refractivity contribution in [2.75, 3.05) is 6.54 Å². The fourth-order valence-corrected chi connectivity index (χ4v) is 4.77. The summed E-state index contributed by atoms with van der Waals surface area (Å²) in [5.41, 5.74) is 0. The van der Waals surface area contributed by atoms with Crippen molar-refractivity contribution < 1.29 is 12.8 Å². The largest absolute Gasteiger partial charge is 0.469 e. The number of halogens is 2. The molecule has 4 nitrogen and oxygen atoms in total. The first-order valence-corrected chi connectivity index (χ1v) is 8.43. The molecule has 0 aliphatic rings. The van der Waals surface area contributed by atoms with Crippen LogP contribution in [0.25, 0.3) is 0 Å². The van der Waals surface area contributed by atoms with E-state index in [9.17, 15) is 8.42 Å². The third-order valence-electron chi connectivity index (χ3n) is 2.13. The van der Waals surface area contributed by atoms with E-state index in [0.717, 1.165) is 17.1 Å². The first kappa shape index (κ1) is 14.1. The lowest BCUT2D eigenvalue weighted by Gasteiger charge is -2.02. The first-order valence-electron chi connectivity index (χ1n) is 4.96. The van der Waals surface area contributed by atoms with Crippen LogP contribution in [0.2, 0.25) is 5.02 Å². The van der Waals surface area contributed by atoms with Gasteiger partial charge in [0.2, 0.25) is 10.0 Å². The molecule has 2 aromatic heterocycles. The average molecular weight is 371 g/mol. The van der Waals surface area contributed by atoms with Gasteiger partial charge in [-0.1, -0.05) is 11.6 Å². The number of furan rings is 1. The maximum Gasteiger partial charge on any atom is 0.250 e. The van der Waals surface area contributed by atoms with Gasteiger partial charge in [0.15, 0.2) is 0 Å². The lowest BCUT2D eigenvalue weighted by atomic mass is 10.3. The molecule has 0 aliphatic carbocycles. The van der Waals surface area contributed by atoms with E-state index in [0.29, 0.717) is 15.2 Å². The van der Waals surface area contributed by atoms with Crippen molar-refractivity contribution in [1.82, 2.24) is 4.72 Å². The molecule has 0 saturated heterocycles. The van der Waals surface area contributed by atoms with E-state index in [1.807, 2.05) is 0 Å². The van der Waals surface area contributed by atoms with Crippen LogP contribution >= 0.6 is 38.9 Å². The summed E-state index contributed by atoms with van der Waals surface area (Å²) in [6.07, 6.45) is 2.06. The van der Waals surface area contributed by atoms with Gasteiger partial charge in [0.25, 0.3) is 0 Å². The SMILES string of the molecule is O=S(=O)(NCCc1ccco1)c1cc(Cl)c(Br)s1. The third-order valence-corrected chi connectivity index (χ3v) is 6.54. The van der Waals surface area contributed by atoms with E-state index in [2.05, 4.69) is 20.7 Å². The van der Waals surface area contributed by atoms with E-state index < -0.39 is 10.0 Å². The molecule has 0 spiro atoms. The van der Waals surface area contributed by atoms with Crippen LogP contribution in [0.3, 0.4) is 0 Å². The van der Waals surface area contributed by atoms with E-state index in [1.54, 1.807) is 18.4 Å². The van der Waals surface area contributed by atoms with Gasteiger partial charge in [0, 0.05) is 13.0 Å². The Morgan fingerprint density at radius 1 is 1.50 bits per heavy atom. The fraction of sp³-hybridized carbons (Fsp3) is 0.200. The topological polar surface area (TPSA) is 59.3 Å². The molecule has 0 radical (unpaired) electrons. The smallest absolute Gasteiger partial charge is 0.250 e. The van der Waals surface area contributed by atoms with E-state index in [1.165, 1.54) is 6.07 Å². The normalized spacial score (nSPS) is 11.9. The molecule has 0 saturated carbocycles. The standard InChI is InChI=1S/C10H9BrClNO3S2/c11-10-8(12)6-9(17-10)18(14,15)13-4-3-7-2-1-5-16-7/h1-2,5-6,13H,3-4H2. The van der Waals surface area contributed by atoms with Gasteiger partial charge in [-0.15, -0.1) is 11.3 Å². The van der Waals surface area contributed by atoms with E-state index in [-0.39, 0.29) is 10.8 Å². The van der Waals surface area contributed by atoms with Crippen LogP contribution in [0.15, 0.2) is 36.9 Å². The Morgan fingerprint density at radius 3 is 2.83 bits per heavy atom. The van der Waals surface area contributed by atoms with E-state index >= 15 is 0 Å². The summed E-state index contributed by atoms with van der Waals surface area (Å²) in [6, 6.07) is 4.98. The van der Waals surface area contributed by atoms with Gasteiger partial charge in [0.1, 0.15) is 9.97 Å². The highest BCUT2D eigenvalue weighted by molar-refractivity contribution is 9.11. The Kier molecular flexibility index (Phi) is 4.50. The molecule has 8 heteroatoms. The van der Waals surface area contributed by atoms with Crippen molar-refractivity contribution in [2.24, 2.45) is 0 Å². The quantitative estimate of drug-likeness (QED) is 0.878. The Labute approximate surface area is 122 Å². The number of hydrogen-bond acceptors (Lipinski definition) is 4. The molecule has 1 N–H and O–H groups in total. The first-order chi connectivity index (χ1) is 8.49. The van der Waals surface area contributed by atoms with Crippen LogP contribution < -0.4 is 4.72 Å². The minimum Gasteiger partial charge on any atom is -0.469 e. The predicted octanol–water partition coefficient (Wildman–Crippen LogP) is 3.28. The van der Waals surface area contributed by atoms with Crippen LogP contribution in [0.5, 0.6) is 0 Å². The summed E-state index contributed by atoms with van der Waals surface area (Å²) < 4.78 is 32.2. The second-order valence-electron chi connectivity index (χ2n) is 3.41. The van der Waals surface area contributed by atoms with Gasteiger partial charge in [-0.05, 0) is 34.1 Å². The summed E-state index contributed by atoms with van der Waals surface area (Å²) in [7, 11) is -3.50. The molecule has 0 amide bonds. The molecular weight excluding hydrogens is 362 g/mol. The van der Waals surface area contributed by atoms with Gasteiger partial charge in [-0.25, -0.2) is 13.1 Å². The van der Waals surface area contributed by atoms with Crippen LogP contribution in [0.1, 0.15) is 5.76 Å². The zero-order chi connectivity index (χ0) is 13.2. The van der Waals surface area contributed by atoms with Crippen molar-refractivity contribution in [3.8, 4) is 0 Å². The molecule has 0 fully saturated rings. The molecular formula is C10H9BrClNO3S2. The predicted molar refractivity (Wildman–Crippen MR) is 74.6 cm³/mol. The number of sulfonamides is 1. The summed E-state index contributed by atoms with van der Waals surface area (Å²) in [4.78, 5) is 0. The minimum atomic E-state index is -3.50. The Morgan fingerprint density at radius 2 is 2.28 bits per heavy atom. The minimum absolute atomic E-state index is 0.193. The number of thiophene rings is 1. The van der Waals surface area contributed by atoms with Crippen molar-refractivity contribution in [3.05, 3.63) is 39.0 Å². The van der Waals surface area contributed by atoms with Crippen LogP contribution in [0, 0.1) is 0 Å². The summed E-state index contributed by atoms with van der Waals surface area (Å²) in [5, 5.41) is 0.395. The molecule has 0 aromatic carbocycles. The van der Waals surface area contributed by atoms with Gasteiger partial charge in [0.05, 0.1) is 15.1 Å². The highest BCUT2D eigenvalue weighted by Gasteiger charge is 2.18. The third kappa shape index (κ3) is 3.36. The van der Waals surface area contributed by atoms with Crippen LogP contribution in [-0.4, -0.2) is 15.0 Å². The number of nitrogens with one attached hydrogen (secondary N) is 1. The van der Waals surface area contributed by atoms with Gasteiger partial charge in [-0.3, -0.25) is 0 Å². The second kappa shape index (κ2) is 5.75. The van der Waals surface area contributed by atoms with Gasteiger partial charge >= 0.3 is 0 Å². The van der Waals surface area contributed by atoms with Crippen molar-refractivity contribution >= 4 is 48.9 Å². The lowest BCUT2D eigenvalue weighted by molar-refractivity contribution is 0.506. The molecule has 98 valence electrons. The van der Waals surface area contributed by atoms with Crippen molar-refractivity contribution in [1.29, 1.82) is 0 Å². The second-order valence-corrected chi connectivity index (χ2v) is 8.19. The zero-order valence-corrected chi connectivity index (χ0v) is 13.0. The number of hydrogen-bond donors (Lipinski definition) is 1. The zero-order valence-electron chi connectivity index (χ0n) is 9.02.